The van der Waals surface area contributed by atoms with Crippen molar-refractivity contribution in [3.05, 3.63) is 46.6 Å². The molecule has 3 N–H and O–H groups in total. The van der Waals surface area contributed by atoms with Crippen molar-refractivity contribution in [3.63, 3.8) is 0 Å². The number of hydrogen-bond acceptors (Lipinski definition) is 8. The lowest BCUT2D eigenvalue weighted by atomic mass is 9.97. The van der Waals surface area contributed by atoms with Crippen molar-refractivity contribution in [3.8, 4) is 11.4 Å². The summed E-state index contributed by atoms with van der Waals surface area (Å²) >= 11 is 0. The second kappa shape index (κ2) is 8.59. The van der Waals surface area contributed by atoms with Crippen molar-refractivity contribution in [2.75, 3.05) is 19.1 Å². The van der Waals surface area contributed by atoms with Crippen LogP contribution in [0.2, 0.25) is 0 Å². The van der Waals surface area contributed by atoms with Crippen molar-refractivity contribution in [2.45, 2.75) is 30.5 Å². The van der Waals surface area contributed by atoms with Gasteiger partial charge in [0, 0.05) is 30.7 Å². The first-order chi connectivity index (χ1) is 14.5. The number of halogens is 3. The van der Waals surface area contributed by atoms with Crippen molar-refractivity contribution < 1.29 is 26.3 Å². The lowest BCUT2D eigenvalue weighted by Crippen LogP contribution is -2.15. The van der Waals surface area contributed by atoms with Gasteiger partial charge in [0.25, 0.3) is 0 Å². The van der Waals surface area contributed by atoms with Crippen LogP contribution in [0.25, 0.3) is 11.4 Å². The Morgan fingerprint density at radius 1 is 1.19 bits per heavy atom. The number of hydrogen-bond donors (Lipinski definition) is 2. The van der Waals surface area contributed by atoms with Gasteiger partial charge in [0.1, 0.15) is 5.82 Å². The van der Waals surface area contributed by atoms with Crippen LogP contribution in [0, 0.1) is 0 Å². The topological polar surface area (TPSA) is 137 Å². The monoisotopic (exact) mass is 456 g/mol. The molecule has 0 fully saturated rings. The molecule has 0 aliphatic carbocycles. The fourth-order valence-corrected chi connectivity index (χ4v) is 4.39. The number of rotatable bonds is 7. The summed E-state index contributed by atoms with van der Waals surface area (Å²) in [5.74, 6) is 0.0732. The zero-order valence-corrected chi connectivity index (χ0v) is 17.4. The van der Waals surface area contributed by atoms with Crippen molar-refractivity contribution in [1.29, 1.82) is 0 Å². The minimum atomic E-state index is -4.88. The van der Waals surface area contributed by atoms with E-state index >= 15 is 0 Å². The second-order valence-electron chi connectivity index (χ2n) is 6.80. The number of benzene rings is 1. The van der Waals surface area contributed by atoms with Crippen molar-refractivity contribution in [1.82, 2.24) is 25.6 Å². The van der Waals surface area contributed by atoms with Crippen LogP contribution in [0.5, 0.6) is 0 Å². The normalized spacial score (nSPS) is 12.3. The highest BCUT2D eigenvalue weighted by Gasteiger charge is 2.39. The predicted molar refractivity (Wildman–Crippen MR) is 104 cm³/mol. The van der Waals surface area contributed by atoms with Crippen LogP contribution >= 0.6 is 0 Å². The summed E-state index contributed by atoms with van der Waals surface area (Å²) in [6, 6.07) is 3.76. The fourth-order valence-electron chi connectivity index (χ4n) is 3.21. The highest BCUT2D eigenvalue weighted by atomic mass is 32.2. The van der Waals surface area contributed by atoms with Crippen LogP contribution in [0.3, 0.4) is 0 Å². The maximum atomic E-state index is 13.6. The largest absolute Gasteiger partial charge is 0.417 e. The second-order valence-corrected chi connectivity index (χ2v) is 8.76. The van der Waals surface area contributed by atoms with Crippen LogP contribution in [-0.2, 0) is 40.2 Å². The quantitative estimate of drug-likeness (QED) is 0.552. The van der Waals surface area contributed by atoms with Gasteiger partial charge in [-0.1, -0.05) is 6.07 Å². The average molecular weight is 456 g/mol. The highest BCUT2D eigenvalue weighted by molar-refractivity contribution is 7.91. The third-order valence-electron chi connectivity index (χ3n) is 4.53. The summed E-state index contributed by atoms with van der Waals surface area (Å²) in [5.41, 5.74) is 6.03. The molecule has 0 atom stereocenters. The maximum absolute atomic E-state index is 13.6. The van der Waals surface area contributed by atoms with Crippen LogP contribution in [0.15, 0.2) is 29.3 Å². The molecular weight excluding hydrogens is 437 g/mol. The van der Waals surface area contributed by atoms with Gasteiger partial charge >= 0.3 is 6.18 Å². The summed E-state index contributed by atoms with van der Waals surface area (Å²) < 4.78 is 70.5. The number of sulfone groups is 1. The van der Waals surface area contributed by atoms with E-state index in [2.05, 4.69) is 25.6 Å². The van der Waals surface area contributed by atoms with E-state index < -0.39 is 26.5 Å². The molecule has 0 spiro atoms. The van der Waals surface area contributed by atoms with Gasteiger partial charge in [0.05, 0.1) is 17.1 Å². The number of anilines is 1. The van der Waals surface area contributed by atoms with Gasteiger partial charge in [-0.3, -0.25) is 0 Å². The Kier molecular flexibility index (Phi) is 6.27. The summed E-state index contributed by atoms with van der Waals surface area (Å²) in [5, 5.41) is 13.0. The van der Waals surface area contributed by atoms with Crippen LogP contribution in [0.4, 0.5) is 19.0 Å². The summed E-state index contributed by atoms with van der Waals surface area (Å²) in [6.45, 7) is 0.249. The third-order valence-corrected chi connectivity index (χ3v) is 5.70. The number of nitrogen functional groups attached to an aromatic ring is 1. The lowest BCUT2D eigenvalue weighted by Gasteiger charge is -2.17. The van der Waals surface area contributed by atoms with Gasteiger partial charge in [-0.2, -0.15) is 18.4 Å². The number of alkyl halides is 3. The third kappa shape index (κ3) is 4.99. The molecule has 2 aromatic heterocycles. The molecule has 31 heavy (non-hydrogen) atoms. The lowest BCUT2D eigenvalue weighted by molar-refractivity contribution is -0.139. The first-order valence-electron chi connectivity index (χ1n) is 8.91. The summed E-state index contributed by atoms with van der Waals surface area (Å²) in [7, 11) is -2.77. The molecule has 0 unspecified atom stereocenters. The van der Waals surface area contributed by atoms with Crippen molar-refractivity contribution >= 4 is 15.7 Å². The van der Waals surface area contributed by atoms with E-state index in [1.165, 1.54) is 13.2 Å². The number of aromatic nitrogens is 5. The first-order valence-corrected chi connectivity index (χ1v) is 10.8. The molecule has 0 aliphatic heterocycles. The van der Waals surface area contributed by atoms with E-state index in [-0.39, 0.29) is 24.4 Å². The number of aryl methyl sites for hydroxylation is 2. The zero-order chi connectivity index (χ0) is 22.8. The highest BCUT2D eigenvalue weighted by Crippen LogP contribution is 2.40. The van der Waals surface area contributed by atoms with Gasteiger partial charge in [-0.15, -0.1) is 10.2 Å². The maximum Gasteiger partial charge on any atom is 0.417 e. The fraction of sp³-hybridized carbons (Fsp3) is 0.333. The number of methoxy groups -OCH3 is 1. The molecular formula is C18H19F3N6O3S. The number of nitrogens with one attached hydrogen (secondary N) is 1. The first kappa shape index (κ1) is 22.6. The minimum absolute atomic E-state index is 0.197. The van der Waals surface area contributed by atoms with E-state index in [4.69, 9.17) is 10.5 Å². The Morgan fingerprint density at radius 3 is 2.52 bits per heavy atom. The van der Waals surface area contributed by atoms with E-state index in [0.717, 1.165) is 11.6 Å². The Balaban J connectivity index is 2.10. The van der Waals surface area contributed by atoms with E-state index in [0.29, 0.717) is 29.6 Å². The molecule has 3 aromatic rings. The van der Waals surface area contributed by atoms with Gasteiger partial charge in [-0.25, -0.2) is 13.4 Å². The van der Waals surface area contributed by atoms with Crippen LogP contribution in [0.1, 0.15) is 22.3 Å². The van der Waals surface area contributed by atoms with Crippen LogP contribution in [-0.4, -0.2) is 47.4 Å². The molecule has 2 heterocycles. The molecule has 0 amide bonds. The molecule has 166 valence electrons. The number of aromatic amines is 1. The van der Waals surface area contributed by atoms with Gasteiger partial charge in [0.15, 0.2) is 9.84 Å². The molecule has 0 saturated carbocycles. The van der Waals surface area contributed by atoms with Crippen molar-refractivity contribution in [2.24, 2.45) is 0 Å². The smallest absolute Gasteiger partial charge is 0.383 e. The number of nitrogens with two attached hydrogens (primary N) is 1. The van der Waals surface area contributed by atoms with Gasteiger partial charge in [-0.05, 0) is 41.3 Å². The number of pyridine rings is 1. The molecule has 1 aromatic carbocycles. The minimum Gasteiger partial charge on any atom is -0.383 e. The number of H-pyrrole nitrogens is 1. The van der Waals surface area contributed by atoms with Gasteiger partial charge < -0.3 is 10.5 Å². The van der Waals surface area contributed by atoms with E-state index in [1.54, 1.807) is 12.3 Å². The predicted octanol–water partition coefficient (Wildman–Crippen LogP) is 2.20. The number of ether oxygens (including phenoxy) is 1. The molecule has 0 radical (unpaired) electrons. The van der Waals surface area contributed by atoms with E-state index in [9.17, 15) is 21.6 Å². The Morgan fingerprint density at radius 2 is 1.94 bits per heavy atom. The summed E-state index contributed by atoms with van der Waals surface area (Å²) in [4.78, 5) is 3.22. The SMILES string of the molecule is COCc1cc(CCc2ccc(C(F)(F)F)c(S(C)(=O)=O)c2-c2nn[nH]n2)cnc1N. The molecule has 3 rings (SSSR count). The Hall–Kier alpha value is -3.06. The molecule has 0 saturated heterocycles. The molecule has 0 aliphatic rings. The Labute approximate surface area is 175 Å². The number of tetrazole rings is 1. The Bertz CT molecular complexity index is 1180. The zero-order valence-electron chi connectivity index (χ0n) is 16.6. The van der Waals surface area contributed by atoms with Crippen LogP contribution < -0.4 is 5.73 Å². The van der Waals surface area contributed by atoms with Gasteiger partial charge in [0.2, 0.25) is 5.82 Å². The molecule has 13 heteroatoms. The number of nitrogens with zero attached hydrogens (tertiary/aromatic N) is 4. The standard InChI is InChI=1S/C18H19F3N6O3S/c1-30-9-12-7-10(8-23-16(12)22)3-4-11-5-6-13(18(19,20)21)15(31(2,28)29)14(11)17-24-26-27-25-17/h5-8H,3-4,9H2,1-2H3,(H2,22,23)(H,24,25,26,27). The molecule has 0 bridgehead atoms. The average Bonchev–Trinajstić information content (AvgIpc) is 3.21. The van der Waals surface area contributed by atoms with E-state index in [1.807, 2.05) is 0 Å². The molecule has 9 nitrogen and oxygen atoms in total. The summed E-state index contributed by atoms with van der Waals surface area (Å²) in [6.07, 6.45) is -2.08.